The van der Waals surface area contributed by atoms with E-state index in [2.05, 4.69) is 0 Å². The lowest BCUT2D eigenvalue weighted by Gasteiger charge is -2.13. The van der Waals surface area contributed by atoms with Gasteiger partial charge in [-0.3, -0.25) is 0 Å². The first-order valence-corrected chi connectivity index (χ1v) is 6.22. The fourth-order valence-electron chi connectivity index (χ4n) is 1.72. The summed E-state index contributed by atoms with van der Waals surface area (Å²) in [5.41, 5.74) is 0.275. The molecule has 0 unspecified atom stereocenters. The molecule has 0 bridgehead atoms. The lowest BCUT2D eigenvalue weighted by molar-refractivity contribution is 0.0693. The molecular weight excluding hydrogens is 294 g/mol. The summed E-state index contributed by atoms with van der Waals surface area (Å²) in [5.74, 6) is -0.460. The van der Waals surface area contributed by atoms with Crippen LogP contribution in [0.4, 0.5) is 0 Å². The molecule has 1 N–H and O–H groups in total. The molecule has 0 atom stereocenters. The highest BCUT2D eigenvalue weighted by atomic mass is 35.5. The maximum absolute atomic E-state index is 11.2. The Kier molecular flexibility index (Phi) is 4.31. The van der Waals surface area contributed by atoms with Gasteiger partial charge in [0, 0.05) is 6.07 Å². The summed E-state index contributed by atoms with van der Waals surface area (Å²) < 4.78 is 10.7. The Morgan fingerprint density at radius 3 is 2.67 bits per heavy atom. The van der Waals surface area contributed by atoms with Gasteiger partial charge in [-0.05, 0) is 24.3 Å². The summed E-state index contributed by atoms with van der Waals surface area (Å²) in [4.78, 5) is 11.2. The Labute approximate surface area is 125 Å². The zero-order valence-corrected chi connectivity index (χ0v) is 11.7. The lowest BCUT2D eigenvalue weighted by Crippen LogP contribution is -2.02. The Hall–Kier alpha value is -2.71. The number of rotatable bonds is 4. The quantitative estimate of drug-likeness (QED) is 0.931. The van der Waals surface area contributed by atoms with Gasteiger partial charge in [-0.25, -0.2) is 4.79 Å². The standard InChI is InChI=1S/C15H10ClNO4/c1-20-13-4-2-3-11(15(18)19)14(13)21-10-6-5-9(8-17)12(16)7-10/h2-7H,1H3,(H,18,19). The van der Waals surface area contributed by atoms with E-state index in [0.717, 1.165) is 0 Å². The van der Waals surface area contributed by atoms with Crippen molar-refractivity contribution in [1.82, 2.24) is 0 Å². The molecule has 2 aromatic rings. The second kappa shape index (κ2) is 6.16. The number of benzene rings is 2. The molecule has 21 heavy (non-hydrogen) atoms. The second-order valence-corrected chi connectivity index (χ2v) is 4.40. The van der Waals surface area contributed by atoms with Gasteiger partial charge in [0.15, 0.2) is 11.5 Å². The van der Waals surface area contributed by atoms with Crippen LogP contribution in [-0.2, 0) is 0 Å². The van der Waals surface area contributed by atoms with E-state index in [9.17, 15) is 9.90 Å². The number of ether oxygens (including phenoxy) is 2. The minimum atomic E-state index is -1.14. The summed E-state index contributed by atoms with van der Waals surface area (Å²) in [5, 5.41) is 18.2. The van der Waals surface area contributed by atoms with Gasteiger partial charge >= 0.3 is 5.97 Å². The highest BCUT2D eigenvalue weighted by molar-refractivity contribution is 6.31. The van der Waals surface area contributed by atoms with Crippen LogP contribution < -0.4 is 9.47 Å². The van der Waals surface area contributed by atoms with Crippen LogP contribution in [0.1, 0.15) is 15.9 Å². The molecule has 0 heterocycles. The van der Waals surface area contributed by atoms with Crippen molar-refractivity contribution in [2.24, 2.45) is 0 Å². The Morgan fingerprint density at radius 2 is 2.10 bits per heavy atom. The molecule has 106 valence electrons. The van der Waals surface area contributed by atoms with E-state index in [1.165, 1.54) is 31.4 Å². The number of halogens is 1. The molecule has 0 aliphatic heterocycles. The van der Waals surface area contributed by atoms with Gasteiger partial charge in [0.25, 0.3) is 0 Å². The molecule has 0 radical (unpaired) electrons. The first-order valence-electron chi connectivity index (χ1n) is 5.84. The van der Waals surface area contributed by atoms with Gasteiger partial charge in [-0.2, -0.15) is 5.26 Å². The van der Waals surface area contributed by atoms with Gasteiger partial charge in [0.2, 0.25) is 0 Å². The third-order valence-corrected chi connectivity index (χ3v) is 3.02. The van der Waals surface area contributed by atoms with Crippen LogP contribution in [0.15, 0.2) is 36.4 Å². The summed E-state index contributed by atoms with van der Waals surface area (Å²) in [6.45, 7) is 0. The topological polar surface area (TPSA) is 79.6 Å². The van der Waals surface area contributed by atoms with E-state index in [1.807, 2.05) is 6.07 Å². The summed E-state index contributed by atoms with van der Waals surface area (Å²) in [6, 6.07) is 11.0. The highest BCUT2D eigenvalue weighted by Crippen LogP contribution is 2.36. The maximum Gasteiger partial charge on any atom is 0.339 e. The number of carboxylic acid groups (broad SMARTS) is 1. The number of methoxy groups -OCH3 is 1. The molecule has 0 aromatic heterocycles. The Bertz CT molecular complexity index is 737. The van der Waals surface area contributed by atoms with E-state index in [4.69, 9.17) is 26.3 Å². The molecule has 0 spiro atoms. The maximum atomic E-state index is 11.2. The normalized spacial score (nSPS) is 9.76. The summed E-state index contributed by atoms with van der Waals surface area (Å²) in [6.07, 6.45) is 0. The fraction of sp³-hybridized carbons (Fsp3) is 0.0667. The van der Waals surface area contributed by atoms with Crippen molar-refractivity contribution >= 4 is 17.6 Å². The van der Waals surface area contributed by atoms with Crippen molar-refractivity contribution in [3.63, 3.8) is 0 Å². The zero-order chi connectivity index (χ0) is 15.4. The van der Waals surface area contributed by atoms with Crippen molar-refractivity contribution in [2.45, 2.75) is 0 Å². The van der Waals surface area contributed by atoms with Crippen molar-refractivity contribution in [2.75, 3.05) is 7.11 Å². The molecule has 0 aliphatic carbocycles. The summed E-state index contributed by atoms with van der Waals surface area (Å²) in [7, 11) is 1.42. The predicted octanol–water partition coefficient (Wildman–Crippen LogP) is 3.71. The van der Waals surface area contributed by atoms with Crippen LogP contribution in [0.25, 0.3) is 0 Å². The Balaban J connectivity index is 2.46. The number of para-hydroxylation sites is 1. The van der Waals surface area contributed by atoms with Gasteiger partial charge in [0.05, 0.1) is 17.7 Å². The van der Waals surface area contributed by atoms with Crippen LogP contribution in [0.3, 0.4) is 0 Å². The van der Waals surface area contributed by atoms with Crippen molar-refractivity contribution in [1.29, 1.82) is 5.26 Å². The van der Waals surface area contributed by atoms with E-state index < -0.39 is 5.97 Å². The number of nitriles is 1. The monoisotopic (exact) mass is 303 g/mol. The second-order valence-electron chi connectivity index (χ2n) is 4.00. The number of carboxylic acids is 1. The number of hydrogen-bond acceptors (Lipinski definition) is 4. The van der Waals surface area contributed by atoms with Crippen molar-refractivity contribution in [3.05, 3.63) is 52.5 Å². The molecular formula is C15H10ClNO4. The third-order valence-electron chi connectivity index (χ3n) is 2.71. The lowest BCUT2D eigenvalue weighted by atomic mass is 10.2. The van der Waals surface area contributed by atoms with E-state index >= 15 is 0 Å². The van der Waals surface area contributed by atoms with Crippen LogP contribution in [-0.4, -0.2) is 18.2 Å². The molecule has 0 saturated carbocycles. The van der Waals surface area contributed by atoms with E-state index in [0.29, 0.717) is 11.3 Å². The SMILES string of the molecule is COc1cccc(C(=O)O)c1Oc1ccc(C#N)c(Cl)c1. The van der Waals surface area contributed by atoms with Gasteiger partial charge < -0.3 is 14.6 Å². The Morgan fingerprint density at radius 1 is 1.33 bits per heavy atom. The van der Waals surface area contributed by atoms with E-state index in [1.54, 1.807) is 12.1 Å². The number of nitrogens with zero attached hydrogens (tertiary/aromatic N) is 1. The number of aromatic carboxylic acids is 1. The zero-order valence-electron chi connectivity index (χ0n) is 11.0. The molecule has 0 saturated heterocycles. The van der Waals surface area contributed by atoms with Crippen LogP contribution >= 0.6 is 11.6 Å². The molecule has 0 aliphatic rings. The summed E-state index contributed by atoms with van der Waals surface area (Å²) >= 11 is 5.92. The molecule has 6 heteroatoms. The van der Waals surface area contributed by atoms with Crippen LogP contribution in [0, 0.1) is 11.3 Å². The van der Waals surface area contributed by atoms with Crippen molar-refractivity contribution < 1.29 is 19.4 Å². The molecule has 0 fully saturated rings. The first kappa shape index (κ1) is 14.7. The molecule has 2 aromatic carbocycles. The minimum Gasteiger partial charge on any atom is -0.493 e. The van der Waals surface area contributed by atoms with Gasteiger partial charge in [-0.1, -0.05) is 17.7 Å². The van der Waals surface area contributed by atoms with Gasteiger partial charge in [-0.15, -0.1) is 0 Å². The van der Waals surface area contributed by atoms with E-state index in [-0.39, 0.29) is 22.1 Å². The average molecular weight is 304 g/mol. The van der Waals surface area contributed by atoms with Crippen molar-refractivity contribution in [3.8, 4) is 23.3 Å². The molecule has 0 amide bonds. The smallest absolute Gasteiger partial charge is 0.339 e. The minimum absolute atomic E-state index is 0.0326. The highest BCUT2D eigenvalue weighted by Gasteiger charge is 2.17. The average Bonchev–Trinajstić information content (AvgIpc) is 2.47. The van der Waals surface area contributed by atoms with Crippen LogP contribution in [0.2, 0.25) is 5.02 Å². The molecule has 2 rings (SSSR count). The predicted molar refractivity (Wildman–Crippen MR) is 76.2 cm³/mol. The number of hydrogen-bond donors (Lipinski definition) is 1. The molecule has 5 nitrogen and oxygen atoms in total. The largest absolute Gasteiger partial charge is 0.493 e. The van der Waals surface area contributed by atoms with Gasteiger partial charge in [0.1, 0.15) is 17.4 Å². The fourth-order valence-corrected chi connectivity index (χ4v) is 1.93. The number of carbonyl (C=O) groups is 1. The third kappa shape index (κ3) is 3.07. The first-order chi connectivity index (χ1) is 10.1. The van der Waals surface area contributed by atoms with Crippen LogP contribution in [0.5, 0.6) is 17.2 Å².